The molecule has 8 nitrogen and oxygen atoms in total. The van der Waals surface area contributed by atoms with Crippen molar-refractivity contribution in [1.29, 1.82) is 5.26 Å². The molecule has 0 saturated carbocycles. The Kier molecular flexibility index (Phi) is 4.40. The molecule has 2 amide bonds. The van der Waals surface area contributed by atoms with E-state index in [-0.39, 0.29) is 12.3 Å². The predicted molar refractivity (Wildman–Crippen MR) is 106 cm³/mol. The van der Waals surface area contributed by atoms with Crippen LogP contribution >= 0.6 is 0 Å². The number of hydrogen-bond donors (Lipinski definition) is 1. The van der Waals surface area contributed by atoms with E-state index in [0.29, 0.717) is 12.8 Å². The molecule has 1 aromatic rings. The number of rotatable bonds is 2. The normalized spacial score (nSPS) is 38.8. The summed E-state index contributed by atoms with van der Waals surface area (Å²) in [6.45, 7) is 3.71. The zero-order valence-corrected chi connectivity index (χ0v) is 18.2. The Labute approximate surface area is 187 Å². The number of alkyl carbamates (subject to hydrolysis) is 1. The lowest BCUT2D eigenvalue weighted by Crippen LogP contribution is -2.63. The number of fused-ring (bicyclic) bond motifs is 2. The van der Waals surface area contributed by atoms with Gasteiger partial charge in [0.25, 0.3) is 0 Å². The van der Waals surface area contributed by atoms with Gasteiger partial charge in [0.05, 0.1) is 53.9 Å². The van der Waals surface area contributed by atoms with Gasteiger partial charge in [0, 0.05) is 18.5 Å². The number of hydrogen-bond acceptors (Lipinski definition) is 6. The van der Waals surface area contributed by atoms with Gasteiger partial charge >= 0.3 is 12.3 Å². The summed E-state index contributed by atoms with van der Waals surface area (Å²) in [5.74, 6) is -0.894. The summed E-state index contributed by atoms with van der Waals surface area (Å²) in [6.07, 6.45) is -5.32. The first-order valence-electron chi connectivity index (χ1n) is 10.5. The first kappa shape index (κ1) is 22.0. The minimum Gasteiger partial charge on any atom is -0.453 e. The second-order valence-electron chi connectivity index (χ2n) is 9.37. The van der Waals surface area contributed by atoms with Crippen molar-refractivity contribution >= 4 is 17.7 Å². The molecule has 0 aromatic heterocycles. The van der Waals surface area contributed by atoms with Crippen molar-refractivity contribution in [1.82, 2.24) is 5.32 Å². The lowest BCUT2D eigenvalue weighted by molar-refractivity contribution is -0.143. The molecule has 0 aliphatic carbocycles. The van der Waals surface area contributed by atoms with Crippen molar-refractivity contribution in [2.75, 3.05) is 18.6 Å². The van der Waals surface area contributed by atoms with E-state index in [4.69, 9.17) is 19.5 Å². The number of benzene rings is 1. The molecule has 2 bridgehead atoms. The molecule has 4 fully saturated rings. The summed E-state index contributed by atoms with van der Waals surface area (Å²) in [7, 11) is 1.24. The first-order valence-corrected chi connectivity index (χ1v) is 10.5. The third-order valence-corrected chi connectivity index (χ3v) is 8.05. The fraction of sp³-hybridized carbons (Fsp3) is 0.591. The van der Waals surface area contributed by atoms with E-state index in [0.717, 1.165) is 12.1 Å². The van der Waals surface area contributed by atoms with Crippen LogP contribution in [0.4, 0.5) is 23.7 Å². The number of nitrogens with zero attached hydrogens (tertiary/aromatic N) is 2. The van der Waals surface area contributed by atoms with Gasteiger partial charge in [-0.2, -0.15) is 18.4 Å². The Bertz CT molecular complexity index is 1100. The van der Waals surface area contributed by atoms with Crippen LogP contribution in [0.25, 0.3) is 0 Å². The minimum atomic E-state index is -4.76. The Balaban J connectivity index is 1.62. The molecular formula is C22H22F3N3O5. The summed E-state index contributed by atoms with van der Waals surface area (Å²) in [6, 6.07) is 4.24. The van der Waals surface area contributed by atoms with Gasteiger partial charge in [0.2, 0.25) is 5.91 Å². The lowest BCUT2D eigenvalue weighted by atomic mass is 9.56. The van der Waals surface area contributed by atoms with Gasteiger partial charge in [-0.1, -0.05) is 0 Å². The quantitative estimate of drug-likeness (QED) is 0.721. The maximum Gasteiger partial charge on any atom is 0.417 e. The molecule has 1 N–H and O–H groups in total. The van der Waals surface area contributed by atoms with Crippen LogP contribution in [0.15, 0.2) is 18.2 Å². The molecule has 5 rings (SSSR count). The van der Waals surface area contributed by atoms with Gasteiger partial charge in [0.1, 0.15) is 11.8 Å². The maximum atomic E-state index is 13.9. The topological polar surface area (TPSA) is 101 Å². The minimum absolute atomic E-state index is 0.00415. The van der Waals surface area contributed by atoms with Gasteiger partial charge in [-0.05, 0) is 32.0 Å². The van der Waals surface area contributed by atoms with Gasteiger partial charge in [0.15, 0.2) is 0 Å². The first-order chi connectivity index (χ1) is 15.4. The molecular weight excluding hydrogens is 443 g/mol. The van der Waals surface area contributed by atoms with Gasteiger partial charge in [-0.3, -0.25) is 9.69 Å². The summed E-state index contributed by atoms with van der Waals surface area (Å²) >= 11 is 0. The van der Waals surface area contributed by atoms with Gasteiger partial charge < -0.3 is 19.5 Å². The second-order valence-corrected chi connectivity index (χ2v) is 9.37. The van der Waals surface area contributed by atoms with E-state index in [1.54, 1.807) is 19.9 Å². The van der Waals surface area contributed by atoms with E-state index in [1.165, 1.54) is 18.1 Å². The fourth-order valence-electron chi connectivity index (χ4n) is 6.47. The highest BCUT2D eigenvalue weighted by atomic mass is 19.4. The summed E-state index contributed by atoms with van der Waals surface area (Å²) in [4.78, 5) is 27.2. The Hall–Kier alpha value is -2.84. The molecule has 1 spiro atoms. The average Bonchev–Trinajstić information content (AvgIpc) is 3.26. The maximum absolute atomic E-state index is 13.9. The van der Waals surface area contributed by atoms with Crippen LogP contribution < -0.4 is 10.2 Å². The highest BCUT2D eigenvalue weighted by molar-refractivity contribution is 6.02. The SMILES string of the molecule is COC(=O)N[C@@H]1C[C@@]23CCO[C@H]4[C@@H]2[C@](C)(C(=O)N4c2ccc(C#N)c(C(F)(F)F)c2)[C@]1(C)O3. The molecule has 1 aromatic carbocycles. The van der Waals surface area contributed by atoms with Crippen LogP contribution in [0.5, 0.6) is 0 Å². The van der Waals surface area contributed by atoms with Crippen LogP contribution in [-0.4, -0.2) is 49.2 Å². The molecule has 4 aliphatic rings. The number of nitrogens with one attached hydrogen (secondary N) is 1. The number of anilines is 1. The van der Waals surface area contributed by atoms with E-state index < -0.39 is 64.1 Å². The van der Waals surface area contributed by atoms with Crippen molar-refractivity contribution in [3.05, 3.63) is 29.3 Å². The molecule has 6 atom stereocenters. The Morgan fingerprint density at radius 3 is 2.73 bits per heavy atom. The zero-order valence-electron chi connectivity index (χ0n) is 18.2. The lowest BCUT2D eigenvalue weighted by Gasteiger charge is -2.46. The highest BCUT2D eigenvalue weighted by Gasteiger charge is 2.83. The molecule has 0 unspecified atom stereocenters. The molecule has 4 aliphatic heterocycles. The fourth-order valence-corrected chi connectivity index (χ4v) is 6.47. The average molecular weight is 465 g/mol. The number of carbonyl (C=O) groups excluding carboxylic acids is 2. The second kappa shape index (κ2) is 6.61. The number of methoxy groups -OCH3 is 1. The number of ether oxygens (including phenoxy) is 3. The smallest absolute Gasteiger partial charge is 0.417 e. The van der Waals surface area contributed by atoms with E-state index in [9.17, 15) is 22.8 Å². The third-order valence-electron chi connectivity index (χ3n) is 8.05. The molecule has 33 heavy (non-hydrogen) atoms. The van der Waals surface area contributed by atoms with Crippen molar-refractivity contribution in [3.63, 3.8) is 0 Å². The largest absolute Gasteiger partial charge is 0.453 e. The molecule has 11 heteroatoms. The Morgan fingerprint density at radius 2 is 2.09 bits per heavy atom. The van der Waals surface area contributed by atoms with Gasteiger partial charge in [-0.25, -0.2) is 4.79 Å². The number of nitriles is 1. The van der Waals surface area contributed by atoms with Crippen LogP contribution in [0.3, 0.4) is 0 Å². The molecule has 4 heterocycles. The summed E-state index contributed by atoms with van der Waals surface area (Å²) in [5, 5.41) is 11.9. The van der Waals surface area contributed by atoms with E-state index in [1.807, 2.05) is 0 Å². The number of carbonyl (C=O) groups is 2. The number of halogens is 3. The van der Waals surface area contributed by atoms with Crippen molar-refractivity contribution < 1.29 is 37.0 Å². The summed E-state index contributed by atoms with van der Waals surface area (Å²) < 4.78 is 58.0. The third kappa shape index (κ3) is 2.59. The zero-order chi connectivity index (χ0) is 24.0. The van der Waals surface area contributed by atoms with E-state index >= 15 is 0 Å². The standard InChI is InChI=1S/C22H22F3N3O5/c1-19-15-16(28(17(19)29)12-5-4-11(10-26)13(8-12)22(23,24)25)32-7-6-21(15)9-14(20(19,2)33-21)27-18(30)31-3/h4-5,8,14-16H,6-7,9H2,1-3H3,(H,27,30)/t14-,15-,16+,19-,20-,21+/m1/s1. The van der Waals surface area contributed by atoms with Crippen LogP contribution in [0, 0.1) is 22.7 Å². The Morgan fingerprint density at radius 1 is 1.36 bits per heavy atom. The van der Waals surface area contributed by atoms with Crippen molar-refractivity contribution in [2.24, 2.45) is 11.3 Å². The van der Waals surface area contributed by atoms with Crippen LogP contribution in [0.1, 0.15) is 37.8 Å². The predicted octanol–water partition coefficient (Wildman–Crippen LogP) is 2.95. The van der Waals surface area contributed by atoms with Crippen LogP contribution in [0.2, 0.25) is 0 Å². The van der Waals surface area contributed by atoms with Crippen molar-refractivity contribution in [3.8, 4) is 6.07 Å². The molecule has 0 radical (unpaired) electrons. The molecule has 4 saturated heterocycles. The summed E-state index contributed by atoms with van der Waals surface area (Å²) in [5.41, 5.74) is -4.70. The highest BCUT2D eigenvalue weighted by Crippen LogP contribution is 2.71. The number of amides is 2. The van der Waals surface area contributed by atoms with Crippen molar-refractivity contribution in [2.45, 2.75) is 56.3 Å². The molecule has 176 valence electrons. The van der Waals surface area contributed by atoms with E-state index in [2.05, 4.69) is 5.32 Å². The number of alkyl halides is 3. The monoisotopic (exact) mass is 465 g/mol. The van der Waals surface area contributed by atoms with Crippen LogP contribution in [-0.2, 0) is 25.2 Å². The van der Waals surface area contributed by atoms with Gasteiger partial charge in [-0.15, -0.1) is 0 Å².